The van der Waals surface area contributed by atoms with Crippen LogP contribution in [0, 0.1) is 0 Å². The van der Waals surface area contributed by atoms with Gasteiger partial charge in [0.05, 0.1) is 11.6 Å². The van der Waals surface area contributed by atoms with Crippen molar-refractivity contribution in [1.82, 2.24) is 5.32 Å². The van der Waals surface area contributed by atoms with Gasteiger partial charge in [-0.25, -0.2) is 0 Å². The number of rotatable bonds is 7. The Balaban J connectivity index is 1.61. The van der Waals surface area contributed by atoms with Crippen LogP contribution in [0.2, 0.25) is 0 Å². The Kier molecular flexibility index (Phi) is 4.22. The van der Waals surface area contributed by atoms with Crippen LogP contribution in [-0.2, 0) is 0 Å². The number of hydrogen-bond donors (Lipinski definition) is 1. The van der Waals surface area contributed by atoms with Crippen molar-refractivity contribution in [3.8, 4) is 11.5 Å². The van der Waals surface area contributed by atoms with Gasteiger partial charge < -0.3 is 14.8 Å². The lowest BCUT2D eigenvalue weighted by molar-refractivity contribution is -0.0149. The Hall–Kier alpha value is -0.740. The van der Waals surface area contributed by atoms with Gasteiger partial charge in [-0.2, -0.15) is 0 Å². The molecule has 0 aromatic heterocycles. The van der Waals surface area contributed by atoms with Crippen molar-refractivity contribution in [2.75, 3.05) is 13.7 Å². The maximum absolute atomic E-state index is 6.33. The normalized spacial score (nSPS) is 20.3. The molecular weight excluding hydrogens is 318 g/mol. The summed E-state index contributed by atoms with van der Waals surface area (Å²) in [4.78, 5) is 0. The van der Waals surface area contributed by atoms with Gasteiger partial charge in [0.1, 0.15) is 17.1 Å². The van der Waals surface area contributed by atoms with Crippen molar-refractivity contribution in [3.63, 3.8) is 0 Å². The van der Waals surface area contributed by atoms with E-state index in [1.165, 1.54) is 19.3 Å². The van der Waals surface area contributed by atoms with Crippen molar-refractivity contribution in [1.29, 1.82) is 0 Å². The molecule has 1 aromatic rings. The van der Waals surface area contributed by atoms with Gasteiger partial charge in [0.15, 0.2) is 0 Å². The molecule has 0 atom stereocenters. The van der Waals surface area contributed by atoms with Crippen molar-refractivity contribution < 1.29 is 9.47 Å². The molecule has 2 saturated carbocycles. The Morgan fingerprint density at radius 1 is 1.35 bits per heavy atom. The smallest absolute Gasteiger partial charge is 0.134 e. The fraction of sp³-hybridized carbons (Fsp3) is 0.625. The van der Waals surface area contributed by atoms with Crippen LogP contribution in [0.25, 0.3) is 0 Å². The molecule has 3 rings (SSSR count). The summed E-state index contributed by atoms with van der Waals surface area (Å²) in [6, 6.07) is 6.69. The van der Waals surface area contributed by atoms with Crippen LogP contribution in [0.1, 0.15) is 38.5 Å². The first-order chi connectivity index (χ1) is 9.71. The van der Waals surface area contributed by atoms with E-state index in [0.717, 1.165) is 47.8 Å². The molecule has 4 heteroatoms. The second kappa shape index (κ2) is 5.94. The predicted octanol–water partition coefficient (Wildman–Crippen LogP) is 3.90. The molecular formula is C16H22BrNO2. The number of hydrogen-bond acceptors (Lipinski definition) is 3. The van der Waals surface area contributed by atoms with Gasteiger partial charge in [0, 0.05) is 6.04 Å². The lowest BCUT2D eigenvalue weighted by atomic mass is 9.77. The third-order valence-corrected chi connectivity index (χ3v) is 4.94. The molecule has 0 radical (unpaired) electrons. The monoisotopic (exact) mass is 339 g/mol. The third kappa shape index (κ3) is 3.29. The first kappa shape index (κ1) is 14.2. The van der Waals surface area contributed by atoms with E-state index in [-0.39, 0.29) is 5.60 Å². The largest absolute Gasteiger partial charge is 0.497 e. The van der Waals surface area contributed by atoms with Gasteiger partial charge in [0.25, 0.3) is 0 Å². The topological polar surface area (TPSA) is 30.5 Å². The average molecular weight is 340 g/mol. The molecule has 3 nitrogen and oxygen atoms in total. The molecule has 0 amide bonds. The predicted molar refractivity (Wildman–Crippen MR) is 83.5 cm³/mol. The summed E-state index contributed by atoms with van der Waals surface area (Å²) in [7, 11) is 1.68. The molecule has 110 valence electrons. The van der Waals surface area contributed by atoms with Gasteiger partial charge >= 0.3 is 0 Å². The van der Waals surface area contributed by atoms with Gasteiger partial charge in [-0.05, 0) is 79.2 Å². The minimum atomic E-state index is 0.0407. The summed E-state index contributed by atoms with van der Waals surface area (Å²) in [5.41, 5.74) is 0.0407. The highest BCUT2D eigenvalue weighted by Gasteiger charge is 2.39. The Labute approximate surface area is 129 Å². The molecule has 2 aliphatic carbocycles. The Morgan fingerprint density at radius 3 is 2.70 bits per heavy atom. The Morgan fingerprint density at radius 2 is 2.15 bits per heavy atom. The third-order valence-electron chi connectivity index (χ3n) is 4.32. The first-order valence-corrected chi connectivity index (χ1v) is 8.26. The van der Waals surface area contributed by atoms with Crippen LogP contribution < -0.4 is 14.8 Å². The van der Waals surface area contributed by atoms with E-state index >= 15 is 0 Å². The molecule has 0 aliphatic heterocycles. The fourth-order valence-electron chi connectivity index (χ4n) is 2.69. The number of halogens is 1. The second-order valence-electron chi connectivity index (χ2n) is 5.91. The average Bonchev–Trinajstić information content (AvgIpc) is 3.21. The van der Waals surface area contributed by atoms with E-state index in [0.29, 0.717) is 0 Å². The molecule has 1 N–H and O–H groups in total. The highest BCUT2D eigenvalue weighted by atomic mass is 79.9. The van der Waals surface area contributed by atoms with Crippen LogP contribution >= 0.6 is 15.9 Å². The van der Waals surface area contributed by atoms with E-state index in [2.05, 4.69) is 21.2 Å². The van der Waals surface area contributed by atoms with E-state index in [4.69, 9.17) is 9.47 Å². The molecule has 0 spiro atoms. The van der Waals surface area contributed by atoms with Crippen molar-refractivity contribution >= 4 is 15.9 Å². The molecule has 0 heterocycles. The summed E-state index contributed by atoms with van der Waals surface area (Å²) in [5.74, 6) is 1.78. The molecule has 0 bridgehead atoms. The van der Waals surface area contributed by atoms with E-state index in [1.807, 2.05) is 18.2 Å². The Bertz CT molecular complexity index is 470. The number of benzene rings is 1. The SMILES string of the molecule is COc1ccc(OC2(CCNC3CC3)CCC2)c(Br)c1. The maximum atomic E-state index is 6.33. The van der Waals surface area contributed by atoms with E-state index < -0.39 is 0 Å². The van der Waals surface area contributed by atoms with Crippen molar-refractivity contribution in [3.05, 3.63) is 22.7 Å². The summed E-state index contributed by atoms with van der Waals surface area (Å²) in [6.07, 6.45) is 7.39. The number of methoxy groups -OCH3 is 1. The van der Waals surface area contributed by atoms with Crippen LogP contribution in [0.3, 0.4) is 0 Å². The zero-order valence-corrected chi connectivity index (χ0v) is 13.5. The lowest BCUT2D eigenvalue weighted by Crippen LogP contribution is -2.45. The standard InChI is InChI=1S/C16H22BrNO2/c1-19-13-5-6-15(14(17)11-13)20-16(7-2-8-16)9-10-18-12-3-4-12/h5-6,11-12,18H,2-4,7-10H2,1H3. The lowest BCUT2D eigenvalue weighted by Gasteiger charge is -2.42. The highest BCUT2D eigenvalue weighted by Crippen LogP contribution is 2.42. The van der Waals surface area contributed by atoms with Crippen LogP contribution in [-0.4, -0.2) is 25.3 Å². The quantitative estimate of drug-likeness (QED) is 0.817. The van der Waals surface area contributed by atoms with Gasteiger partial charge in [-0.3, -0.25) is 0 Å². The molecule has 2 fully saturated rings. The maximum Gasteiger partial charge on any atom is 0.134 e. The minimum Gasteiger partial charge on any atom is -0.497 e. The zero-order chi connectivity index (χ0) is 14.0. The summed E-state index contributed by atoms with van der Waals surface area (Å²) >= 11 is 3.57. The molecule has 20 heavy (non-hydrogen) atoms. The minimum absolute atomic E-state index is 0.0407. The van der Waals surface area contributed by atoms with Gasteiger partial charge in [-0.1, -0.05) is 0 Å². The highest BCUT2D eigenvalue weighted by molar-refractivity contribution is 9.10. The van der Waals surface area contributed by atoms with Gasteiger partial charge in [-0.15, -0.1) is 0 Å². The summed E-state index contributed by atoms with van der Waals surface area (Å²) in [6.45, 7) is 1.07. The van der Waals surface area contributed by atoms with Crippen molar-refractivity contribution in [2.24, 2.45) is 0 Å². The van der Waals surface area contributed by atoms with Crippen LogP contribution in [0.5, 0.6) is 11.5 Å². The second-order valence-corrected chi connectivity index (χ2v) is 6.77. The van der Waals surface area contributed by atoms with Gasteiger partial charge in [0.2, 0.25) is 0 Å². The molecule has 1 aromatic carbocycles. The van der Waals surface area contributed by atoms with Crippen LogP contribution in [0.15, 0.2) is 22.7 Å². The van der Waals surface area contributed by atoms with Crippen molar-refractivity contribution in [2.45, 2.75) is 50.2 Å². The fourth-order valence-corrected chi connectivity index (χ4v) is 3.13. The summed E-state index contributed by atoms with van der Waals surface area (Å²) in [5, 5.41) is 3.59. The molecule has 2 aliphatic rings. The number of nitrogens with one attached hydrogen (secondary N) is 1. The molecule has 0 unspecified atom stereocenters. The summed E-state index contributed by atoms with van der Waals surface area (Å²) < 4.78 is 12.5. The van der Waals surface area contributed by atoms with E-state index in [1.54, 1.807) is 7.11 Å². The van der Waals surface area contributed by atoms with Crippen LogP contribution in [0.4, 0.5) is 0 Å². The van der Waals surface area contributed by atoms with E-state index in [9.17, 15) is 0 Å². The molecule has 0 saturated heterocycles. The number of ether oxygens (including phenoxy) is 2. The zero-order valence-electron chi connectivity index (χ0n) is 12.0. The first-order valence-electron chi connectivity index (χ1n) is 7.47.